The van der Waals surface area contributed by atoms with E-state index in [1.54, 1.807) is 31.2 Å². The number of halogens is 1. The number of nitrogens with one attached hydrogen (secondary N) is 1. The number of carbonyl (C=O) groups excluding carboxylic acids is 2. The summed E-state index contributed by atoms with van der Waals surface area (Å²) in [6.45, 7) is 4.77. The molecule has 0 fully saturated rings. The monoisotopic (exact) mass is 488 g/mol. The van der Waals surface area contributed by atoms with Crippen LogP contribution in [0.2, 0.25) is 0 Å². The van der Waals surface area contributed by atoms with Crippen LogP contribution in [0.5, 0.6) is 0 Å². The third-order valence-electron chi connectivity index (χ3n) is 4.16. The van der Waals surface area contributed by atoms with E-state index in [2.05, 4.69) is 31.4 Å². The van der Waals surface area contributed by atoms with E-state index in [0.29, 0.717) is 29.6 Å². The number of benzene rings is 2. The highest BCUT2D eigenvalue weighted by Crippen LogP contribution is 2.29. The highest BCUT2D eigenvalue weighted by atomic mass is 79.9. The lowest BCUT2D eigenvalue weighted by Gasteiger charge is -2.09. The van der Waals surface area contributed by atoms with Gasteiger partial charge in [0.1, 0.15) is 0 Å². The Morgan fingerprint density at radius 1 is 1.10 bits per heavy atom. The number of nitrogens with zero attached hydrogens (tertiary/aromatic N) is 3. The fourth-order valence-corrected chi connectivity index (χ4v) is 4.02. The zero-order valence-corrected chi connectivity index (χ0v) is 19.0. The van der Waals surface area contributed by atoms with Crippen molar-refractivity contribution in [2.75, 3.05) is 17.7 Å². The zero-order valence-electron chi connectivity index (χ0n) is 16.6. The molecule has 3 rings (SSSR count). The van der Waals surface area contributed by atoms with Crippen LogP contribution < -0.4 is 5.32 Å². The van der Waals surface area contributed by atoms with E-state index in [0.717, 1.165) is 15.9 Å². The van der Waals surface area contributed by atoms with Crippen molar-refractivity contribution in [2.45, 2.75) is 25.5 Å². The molecule has 2 aromatic carbocycles. The van der Waals surface area contributed by atoms with Crippen molar-refractivity contribution in [2.24, 2.45) is 0 Å². The molecule has 156 valence electrons. The van der Waals surface area contributed by atoms with Crippen LogP contribution in [0.25, 0.3) is 11.4 Å². The summed E-state index contributed by atoms with van der Waals surface area (Å²) in [6.07, 6.45) is 0. The quantitative estimate of drug-likeness (QED) is 0.367. The van der Waals surface area contributed by atoms with Crippen LogP contribution in [-0.2, 0) is 16.1 Å². The van der Waals surface area contributed by atoms with E-state index in [1.807, 2.05) is 35.8 Å². The smallest absolute Gasteiger partial charge is 0.338 e. The van der Waals surface area contributed by atoms with Crippen molar-refractivity contribution >= 4 is 45.3 Å². The minimum absolute atomic E-state index is 0.169. The Morgan fingerprint density at radius 2 is 1.83 bits per heavy atom. The molecule has 9 heteroatoms. The van der Waals surface area contributed by atoms with Crippen LogP contribution in [0.4, 0.5) is 5.69 Å². The van der Waals surface area contributed by atoms with Crippen LogP contribution in [0, 0.1) is 0 Å². The number of thioether (sulfide) groups is 1. The molecule has 0 unspecified atom stereocenters. The topological polar surface area (TPSA) is 86.1 Å². The second kappa shape index (κ2) is 10.4. The summed E-state index contributed by atoms with van der Waals surface area (Å²) in [7, 11) is 0. The molecule has 0 aliphatic heterocycles. The third kappa shape index (κ3) is 5.28. The Morgan fingerprint density at radius 3 is 2.50 bits per heavy atom. The molecule has 3 aromatic rings. The predicted molar refractivity (Wildman–Crippen MR) is 121 cm³/mol. The van der Waals surface area contributed by atoms with Gasteiger partial charge in [0.15, 0.2) is 11.0 Å². The molecule has 0 saturated carbocycles. The molecular formula is C21H21BrN4O3S. The van der Waals surface area contributed by atoms with Crippen LogP contribution >= 0.6 is 27.7 Å². The first kappa shape index (κ1) is 22.0. The standard InChI is InChI=1S/C21H21BrN4O3S/c1-3-26-19(16-7-5-6-8-17(16)22)24-25-21(26)30-13-18(27)23-15-11-9-14(10-12-15)20(28)29-4-2/h5-12H,3-4,13H2,1-2H3,(H,23,27). The van der Waals surface area contributed by atoms with E-state index >= 15 is 0 Å². The van der Waals surface area contributed by atoms with E-state index in [-0.39, 0.29) is 17.6 Å². The second-order valence-electron chi connectivity index (χ2n) is 6.16. The minimum Gasteiger partial charge on any atom is -0.462 e. The number of amides is 1. The highest BCUT2D eigenvalue weighted by molar-refractivity contribution is 9.10. The molecule has 30 heavy (non-hydrogen) atoms. The maximum Gasteiger partial charge on any atom is 0.338 e. The first-order chi connectivity index (χ1) is 14.5. The maximum absolute atomic E-state index is 12.3. The number of ether oxygens (including phenoxy) is 1. The lowest BCUT2D eigenvalue weighted by Crippen LogP contribution is -2.15. The molecule has 1 heterocycles. The zero-order chi connectivity index (χ0) is 21.5. The van der Waals surface area contributed by atoms with Gasteiger partial charge < -0.3 is 14.6 Å². The summed E-state index contributed by atoms with van der Waals surface area (Å²) in [4.78, 5) is 24.0. The van der Waals surface area contributed by atoms with Crippen LogP contribution in [-0.4, -0.2) is 39.0 Å². The van der Waals surface area contributed by atoms with Gasteiger partial charge in [-0.25, -0.2) is 4.79 Å². The fraction of sp³-hybridized carbons (Fsp3) is 0.238. The molecule has 0 bridgehead atoms. The molecule has 0 spiro atoms. The van der Waals surface area contributed by atoms with Gasteiger partial charge in [-0.15, -0.1) is 10.2 Å². The Hall–Kier alpha value is -2.65. The van der Waals surface area contributed by atoms with Gasteiger partial charge in [0.2, 0.25) is 5.91 Å². The van der Waals surface area contributed by atoms with E-state index in [9.17, 15) is 9.59 Å². The van der Waals surface area contributed by atoms with Gasteiger partial charge in [0.05, 0.1) is 17.9 Å². The molecule has 0 radical (unpaired) electrons. The SMILES string of the molecule is CCOC(=O)c1ccc(NC(=O)CSc2nnc(-c3ccccc3Br)n2CC)cc1. The van der Waals surface area contributed by atoms with Crippen molar-refractivity contribution in [1.82, 2.24) is 14.8 Å². The van der Waals surface area contributed by atoms with Gasteiger partial charge in [0.25, 0.3) is 0 Å². The third-order valence-corrected chi connectivity index (χ3v) is 5.82. The first-order valence-corrected chi connectivity index (χ1v) is 11.2. The number of hydrogen-bond donors (Lipinski definition) is 1. The summed E-state index contributed by atoms with van der Waals surface area (Å²) < 4.78 is 7.87. The van der Waals surface area contributed by atoms with Crippen LogP contribution in [0.3, 0.4) is 0 Å². The molecular weight excluding hydrogens is 468 g/mol. The fourth-order valence-electron chi connectivity index (χ4n) is 2.75. The van der Waals surface area contributed by atoms with Crippen molar-refractivity contribution in [3.63, 3.8) is 0 Å². The Bertz CT molecular complexity index is 1040. The lowest BCUT2D eigenvalue weighted by atomic mass is 10.2. The number of aromatic nitrogens is 3. The van der Waals surface area contributed by atoms with E-state index < -0.39 is 0 Å². The van der Waals surface area contributed by atoms with Gasteiger partial charge in [-0.1, -0.05) is 45.9 Å². The molecule has 1 aromatic heterocycles. The summed E-state index contributed by atoms with van der Waals surface area (Å²) in [6, 6.07) is 14.4. The number of esters is 1. The van der Waals surface area contributed by atoms with Gasteiger partial charge in [-0.3, -0.25) is 4.79 Å². The Balaban J connectivity index is 1.62. The molecule has 1 amide bonds. The minimum atomic E-state index is -0.384. The Labute approximate surface area is 187 Å². The molecule has 7 nitrogen and oxygen atoms in total. The average Bonchev–Trinajstić information content (AvgIpc) is 3.16. The van der Waals surface area contributed by atoms with Crippen LogP contribution in [0.15, 0.2) is 58.2 Å². The second-order valence-corrected chi connectivity index (χ2v) is 7.96. The van der Waals surface area contributed by atoms with Crippen LogP contribution in [0.1, 0.15) is 24.2 Å². The number of anilines is 1. The average molecular weight is 489 g/mol. The van der Waals surface area contributed by atoms with E-state index in [4.69, 9.17) is 4.74 Å². The predicted octanol–water partition coefficient (Wildman–Crippen LogP) is 4.64. The lowest BCUT2D eigenvalue weighted by molar-refractivity contribution is -0.113. The molecule has 1 N–H and O–H groups in total. The summed E-state index contributed by atoms with van der Waals surface area (Å²) in [5, 5.41) is 12.1. The molecule has 0 aliphatic rings. The van der Waals surface area contributed by atoms with Gasteiger partial charge in [-0.2, -0.15) is 0 Å². The first-order valence-electron chi connectivity index (χ1n) is 9.41. The maximum atomic E-state index is 12.3. The highest BCUT2D eigenvalue weighted by Gasteiger charge is 2.16. The normalized spacial score (nSPS) is 10.6. The van der Waals surface area contributed by atoms with Gasteiger partial charge in [-0.05, 0) is 44.2 Å². The van der Waals surface area contributed by atoms with Crippen molar-refractivity contribution in [3.8, 4) is 11.4 Å². The number of rotatable bonds is 8. The number of carbonyl (C=O) groups is 2. The van der Waals surface area contributed by atoms with Crippen molar-refractivity contribution in [1.29, 1.82) is 0 Å². The van der Waals surface area contributed by atoms with E-state index in [1.165, 1.54) is 11.8 Å². The molecule has 0 atom stereocenters. The Kier molecular flexibility index (Phi) is 7.64. The van der Waals surface area contributed by atoms with Gasteiger partial charge in [0, 0.05) is 22.3 Å². The van der Waals surface area contributed by atoms with Gasteiger partial charge >= 0.3 is 5.97 Å². The summed E-state index contributed by atoms with van der Waals surface area (Å²) >= 11 is 4.87. The van der Waals surface area contributed by atoms with Crippen molar-refractivity contribution in [3.05, 3.63) is 58.6 Å². The summed E-state index contributed by atoms with van der Waals surface area (Å²) in [5.74, 6) is 0.387. The largest absolute Gasteiger partial charge is 0.462 e. The number of hydrogen-bond acceptors (Lipinski definition) is 6. The molecule has 0 saturated heterocycles. The summed E-state index contributed by atoms with van der Waals surface area (Å²) in [5.41, 5.74) is 2.00. The van der Waals surface area contributed by atoms with Crippen molar-refractivity contribution < 1.29 is 14.3 Å². The molecule has 0 aliphatic carbocycles.